The number of likely N-dealkylation sites (N-methyl/N-ethyl adjacent to an activating group) is 1. The molecule has 8 nitrogen and oxygen atoms in total. The lowest BCUT2D eigenvalue weighted by molar-refractivity contribution is -0.116. The highest BCUT2D eigenvalue weighted by molar-refractivity contribution is 7.89. The zero-order valence-electron chi connectivity index (χ0n) is 15.9. The molecule has 1 N–H and O–H groups in total. The maximum Gasteiger partial charge on any atom is 0.247 e. The van der Waals surface area contributed by atoms with Gasteiger partial charge in [-0.05, 0) is 30.3 Å². The molecule has 28 heavy (non-hydrogen) atoms. The molecule has 0 bridgehead atoms. The number of nitrogens with one attached hydrogen (secondary N) is 1. The first-order valence-corrected chi connectivity index (χ1v) is 9.86. The molecule has 0 saturated heterocycles. The highest BCUT2D eigenvalue weighted by Crippen LogP contribution is 2.30. The molecule has 0 saturated carbocycles. The van der Waals surface area contributed by atoms with Gasteiger partial charge in [0.1, 0.15) is 22.1 Å². The van der Waals surface area contributed by atoms with Gasteiger partial charge < -0.3 is 19.5 Å². The number of benzene rings is 2. The molecule has 0 unspecified atom stereocenters. The van der Waals surface area contributed by atoms with E-state index in [2.05, 4.69) is 5.32 Å². The van der Waals surface area contributed by atoms with Gasteiger partial charge in [0.05, 0.1) is 32.9 Å². The van der Waals surface area contributed by atoms with E-state index >= 15 is 0 Å². The summed E-state index contributed by atoms with van der Waals surface area (Å²) in [5, 5.41) is 2.92. The summed E-state index contributed by atoms with van der Waals surface area (Å²) in [4.78, 5) is 12.2. The average Bonchev–Trinajstić information content (AvgIpc) is 2.67. The molecule has 2 aromatic rings. The maximum atomic E-state index is 12.9. The molecule has 0 aliphatic rings. The van der Waals surface area contributed by atoms with Crippen LogP contribution < -0.4 is 19.5 Å². The van der Waals surface area contributed by atoms with Crippen molar-refractivity contribution in [1.82, 2.24) is 4.31 Å². The third kappa shape index (κ3) is 4.86. The first-order chi connectivity index (χ1) is 13.2. The van der Waals surface area contributed by atoms with Gasteiger partial charge >= 0.3 is 0 Å². The van der Waals surface area contributed by atoms with Gasteiger partial charge in [-0.15, -0.1) is 0 Å². The van der Waals surface area contributed by atoms with E-state index in [1.54, 1.807) is 18.2 Å². The lowest BCUT2D eigenvalue weighted by Crippen LogP contribution is -2.35. The Morgan fingerprint density at radius 1 is 1.04 bits per heavy atom. The van der Waals surface area contributed by atoms with E-state index in [4.69, 9.17) is 25.8 Å². The van der Waals surface area contributed by atoms with Crippen molar-refractivity contribution in [3.63, 3.8) is 0 Å². The molecule has 0 radical (unpaired) electrons. The molecular weight excluding hydrogens is 408 g/mol. The molecule has 0 atom stereocenters. The van der Waals surface area contributed by atoms with Gasteiger partial charge in [0, 0.05) is 18.8 Å². The lowest BCUT2D eigenvalue weighted by Gasteiger charge is -2.19. The summed E-state index contributed by atoms with van der Waals surface area (Å²) in [6, 6.07) is 9.11. The summed E-state index contributed by atoms with van der Waals surface area (Å²) in [6.45, 7) is -0.410. The quantitative estimate of drug-likeness (QED) is 0.694. The Bertz CT molecular complexity index is 965. The molecule has 0 spiro atoms. The predicted molar refractivity (Wildman–Crippen MR) is 106 cm³/mol. The molecule has 0 heterocycles. The van der Waals surface area contributed by atoms with Crippen LogP contribution in [0.2, 0.25) is 5.02 Å². The van der Waals surface area contributed by atoms with E-state index in [1.807, 2.05) is 0 Å². The number of sulfonamides is 1. The molecule has 0 fully saturated rings. The second-order valence-corrected chi connectivity index (χ2v) is 8.10. The van der Waals surface area contributed by atoms with Crippen LogP contribution in [0.3, 0.4) is 0 Å². The molecule has 0 aromatic heterocycles. The number of methoxy groups -OCH3 is 3. The standard InChI is InChI=1S/C18H21ClN2O6S/c1-21(11-18(22)20-12-5-7-15(26-3)14(19)9-12)28(23,24)17-10-13(25-2)6-8-16(17)27-4/h5-10H,11H2,1-4H3,(H,20,22). The highest BCUT2D eigenvalue weighted by Gasteiger charge is 2.27. The molecular formula is C18H21ClN2O6S. The third-order valence-corrected chi connectivity index (χ3v) is 5.98. The van der Waals surface area contributed by atoms with Crippen LogP contribution >= 0.6 is 11.6 Å². The molecule has 2 aromatic carbocycles. The van der Waals surface area contributed by atoms with E-state index in [1.165, 1.54) is 46.6 Å². The lowest BCUT2D eigenvalue weighted by atomic mass is 10.3. The number of rotatable bonds is 8. The fourth-order valence-corrected chi connectivity index (χ4v) is 3.94. The van der Waals surface area contributed by atoms with Gasteiger partial charge in [-0.25, -0.2) is 8.42 Å². The smallest absolute Gasteiger partial charge is 0.247 e. The van der Waals surface area contributed by atoms with Crippen LogP contribution in [0.25, 0.3) is 0 Å². The van der Waals surface area contributed by atoms with Gasteiger partial charge in [-0.3, -0.25) is 4.79 Å². The second-order valence-electron chi connectivity index (χ2n) is 5.68. The van der Waals surface area contributed by atoms with Crippen molar-refractivity contribution in [2.24, 2.45) is 0 Å². The van der Waals surface area contributed by atoms with E-state index < -0.39 is 22.5 Å². The minimum absolute atomic E-state index is 0.0999. The van der Waals surface area contributed by atoms with E-state index in [9.17, 15) is 13.2 Å². The van der Waals surface area contributed by atoms with Gasteiger partial charge in [0.15, 0.2) is 0 Å². The van der Waals surface area contributed by atoms with Gasteiger partial charge in [0.2, 0.25) is 15.9 Å². The number of carbonyl (C=O) groups is 1. The predicted octanol–water partition coefficient (Wildman–Crippen LogP) is 2.63. The van der Waals surface area contributed by atoms with Gasteiger partial charge in [0.25, 0.3) is 0 Å². The Hall–Kier alpha value is -2.49. The average molecular weight is 429 g/mol. The van der Waals surface area contributed by atoms with Crippen molar-refractivity contribution >= 4 is 33.2 Å². The monoisotopic (exact) mass is 428 g/mol. The third-order valence-electron chi connectivity index (χ3n) is 3.86. The summed E-state index contributed by atoms with van der Waals surface area (Å²) in [7, 11) is 1.57. The van der Waals surface area contributed by atoms with Crippen LogP contribution in [-0.2, 0) is 14.8 Å². The molecule has 1 amide bonds. The highest BCUT2D eigenvalue weighted by atomic mass is 35.5. The van der Waals surface area contributed by atoms with Crippen molar-refractivity contribution in [3.05, 3.63) is 41.4 Å². The SMILES string of the molecule is COc1ccc(OC)c(S(=O)(=O)N(C)CC(=O)Nc2ccc(OC)c(Cl)c2)c1. The number of ether oxygens (including phenoxy) is 3. The molecule has 0 aliphatic carbocycles. The Kier molecular flexibility index (Phi) is 7.11. The summed E-state index contributed by atoms with van der Waals surface area (Å²) in [6.07, 6.45) is 0. The molecule has 10 heteroatoms. The number of carbonyl (C=O) groups excluding carboxylic acids is 1. The largest absolute Gasteiger partial charge is 0.497 e. The van der Waals surface area contributed by atoms with Crippen LogP contribution in [0.5, 0.6) is 17.2 Å². The van der Waals surface area contributed by atoms with E-state index in [0.29, 0.717) is 22.2 Å². The Morgan fingerprint density at radius 2 is 1.68 bits per heavy atom. The zero-order chi connectivity index (χ0) is 20.9. The number of halogens is 1. The normalized spacial score (nSPS) is 11.2. The van der Waals surface area contributed by atoms with Crippen molar-refractivity contribution < 1.29 is 27.4 Å². The topological polar surface area (TPSA) is 94.2 Å². The number of hydrogen-bond acceptors (Lipinski definition) is 6. The first-order valence-electron chi connectivity index (χ1n) is 8.04. The summed E-state index contributed by atoms with van der Waals surface area (Å²) in [5.74, 6) is 0.429. The van der Waals surface area contributed by atoms with Crippen LogP contribution in [0.1, 0.15) is 0 Å². The first kappa shape index (κ1) is 21.8. The fourth-order valence-electron chi connectivity index (χ4n) is 2.39. The molecule has 2 rings (SSSR count). The number of amides is 1. The minimum atomic E-state index is -4.00. The summed E-state index contributed by atoms with van der Waals surface area (Å²) < 4.78 is 41.9. The number of hydrogen-bond donors (Lipinski definition) is 1. The summed E-state index contributed by atoms with van der Waals surface area (Å²) >= 11 is 6.02. The Morgan fingerprint density at radius 3 is 2.25 bits per heavy atom. The van der Waals surface area contributed by atoms with Crippen LogP contribution in [0, 0.1) is 0 Å². The van der Waals surface area contributed by atoms with Crippen LogP contribution in [0.15, 0.2) is 41.3 Å². The maximum absolute atomic E-state index is 12.9. The van der Waals surface area contributed by atoms with Crippen molar-refractivity contribution in [3.8, 4) is 17.2 Å². The number of anilines is 1. The Labute approximate surface area is 169 Å². The van der Waals surface area contributed by atoms with Crippen molar-refractivity contribution in [2.45, 2.75) is 4.90 Å². The molecule has 152 valence electrons. The second kappa shape index (κ2) is 9.13. The molecule has 0 aliphatic heterocycles. The van der Waals surface area contributed by atoms with Crippen molar-refractivity contribution in [2.75, 3.05) is 40.2 Å². The van der Waals surface area contributed by atoms with E-state index in [0.717, 1.165) is 4.31 Å². The minimum Gasteiger partial charge on any atom is -0.497 e. The zero-order valence-corrected chi connectivity index (χ0v) is 17.4. The summed E-state index contributed by atoms with van der Waals surface area (Å²) in [5.41, 5.74) is 0.417. The Balaban J connectivity index is 2.18. The van der Waals surface area contributed by atoms with Crippen LogP contribution in [-0.4, -0.2) is 53.6 Å². The fraction of sp³-hybridized carbons (Fsp3) is 0.278. The van der Waals surface area contributed by atoms with Crippen molar-refractivity contribution in [1.29, 1.82) is 0 Å². The number of nitrogens with zero attached hydrogens (tertiary/aromatic N) is 1. The van der Waals surface area contributed by atoms with Crippen LogP contribution in [0.4, 0.5) is 5.69 Å². The van der Waals surface area contributed by atoms with E-state index in [-0.39, 0.29) is 10.6 Å². The van der Waals surface area contributed by atoms with Gasteiger partial charge in [-0.1, -0.05) is 11.6 Å². The van der Waals surface area contributed by atoms with Gasteiger partial charge in [-0.2, -0.15) is 4.31 Å².